The third-order valence-corrected chi connectivity index (χ3v) is 3.92. The molecule has 0 saturated carbocycles. The van der Waals surface area contributed by atoms with Gasteiger partial charge in [0.05, 0.1) is 4.92 Å². The molecular weight excluding hydrogens is 242 g/mol. The second-order valence-corrected chi connectivity index (χ2v) is 5.23. The van der Waals surface area contributed by atoms with Crippen LogP contribution in [0.1, 0.15) is 24.4 Å². The van der Waals surface area contributed by atoms with Crippen molar-refractivity contribution in [2.75, 3.05) is 27.2 Å². The monoisotopic (exact) mass is 263 g/mol. The summed E-state index contributed by atoms with van der Waals surface area (Å²) in [7, 11) is 4.11. The molecule has 1 fully saturated rings. The summed E-state index contributed by atoms with van der Waals surface area (Å²) in [5.74, 6) is 0.560. The standard InChI is InChI=1S/C14H21N3O2/c1-15-10-12-4-3-9-16(2)14(12)11-5-7-13(8-6-11)17(18)19/h5-8,12,14-15H,3-4,9-10H2,1-2H3. The van der Waals surface area contributed by atoms with Crippen molar-refractivity contribution >= 4 is 5.69 Å². The molecule has 0 bridgehead atoms. The molecule has 1 heterocycles. The van der Waals surface area contributed by atoms with Crippen LogP contribution in [-0.2, 0) is 0 Å². The molecule has 1 aromatic rings. The first kappa shape index (κ1) is 14.0. The molecule has 5 heteroatoms. The summed E-state index contributed by atoms with van der Waals surface area (Å²) in [6.45, 7) is 2.06. The molecule has 1 aromatic carbocycles. The van der Waals surface area contributed by atoms with Crippen molar-refractivity contribution in [3.05, 3.63) is 39.9 Å². The fraction of sp³-hybridized carbons (Fsp3) is 0.571. The number of hydrogen-bond acceptors (Lipinski definition) is 4. The van der Waals surface area contributed by atoms with E-state index in [9.17, 15) is 10.1 Å². The third-order valence-electron chi connectivity index (χ3n) is 3.92. The average molecular weight is 263 g/mol. The first-order valence-electron chi connectivity index (χ1n) is 6.72. The summed E-state index contributed by atoms with van der Waals surface area (Å²) in [6, 6.07) is 7.35. The topological polar surface area (TPSA) is 58.4 Å². The largest absolute Gasteiger partial charge is 0.319 e. The van der Waals surface area contributed by atoms with Gasteiger partial charge in [0.25, 0.3) is 5.69 Å². The van der Waals surface area contributed by atoms with Gasteiger partial charge < -0.3 is 5.32 Å². The molecule has 1 saturated heterocycles. The van der Waals surface area contributed by atoms with Crippen LogP contribution in [0.5, 0.6) is 0 Å². The Morgan fingerprint density at radius 1 is 1.42 bits per heavy atom. The fourth-order valence-electron chi connectivity index (χ4n) is 3.06. The van der Waals surface area contributed by atoms with Crippen LogP contribution in [-0.4, -0.2) is 37.0 Å². The minimum absolute atomic E-state index is 0.160. The maximum atomic E-state index is 10.7. The summed E-state index contributed by atoms with van der Waals surface area (Å²) >= 11 is 0. The van der Waals surface area contributed by atoms with Gasteiger partial charge in [0.15, 0.2) is 0 Å². The number of nitrogens with zero attached hydrogens (tertiary/aromatic N) is 2. The first-order chi connectivity index (χ1) is 9.13. The number of likely N-dealkylation sites (tertiary alicyclic amines) is 1. The Hall–Kier alpha value is -1.46. The van der Waals surface area contributed by atoms with E-state index in [1.807, 2.05) is 19.2 Å². The quantitative estimate of drug-likeness (QED) is 0.668. The Morgan fingerprint density at radius 3 is 2.68 bits per heavy atom. The normalized spacial score (nSPS) is 24.3. The number of nitro benzene ring substituents is 1. The van der Waals surface area contributed by atoms with Crippen molar-refractivity contribution in [1.29, 1.82) is 0 Å². The molecule has 0 radical (unpaired) electrons. The van der Waals surface area contributed by atoms with Crippen LogP contribution in [0.4, 0.5) is 5.69 Å². The molecule has 1 N–H and O–H groups in total. The van der Waals surface area contributed by atoms with E-state index in [0.717, 1.165) is 13.1 Å². The molecule has 5 nitrogen and oxygen atoms in total. The lowest BCUT2D eigenvalue weighted by Crippen LogP contribution is -2.39. The molecule has 1 aliphatic rings. The van der Waals surface area contributed by atoms with Gasteiger partial charge in [-0.25, -0.2) is 0 Å². The van der Waals surface area contributed by atoms with Crippen LogP contribution in [0, 0.1) is 16.0 Å². The summed E-state index contributed by atoms with van der Waals surface area (Å²) in [5.41, 5.74) is 1.33. The van der Waals surface area contributed by atoms with Crippen LogP contribution >= 0.6 is 0 Å². The van der Waals surface area contributed by atoms with Gasteiger partial charge in [-0.1, -0.05) is 12.1 Å². The molecule has 1 aliphatic heterocycles. The molecule has 0 aromatic heterocycles. The van der Waals surface area contributed by atoms with E-state index in [1.54, 1.807) is 12.1 Å². The van der Waals surface area contributed by atoms with E-state index >= 15 is 0 Å². The van der Waals surface area contributed by atoms with E-state index in [1.165, 1.54) is 18.4 Å². The van der Waals surface area contributed by atoms with Gasteiger partial charge in [0, 0.05) is 18.2 Å². The Bertz CT molecular complexity index is 431. The summed E-state index contributed by atoms with van der Waals surface area (Å²) in [4.78, 5) is 12.7. The zero-order chi connectivity index (χ0) is 13.8. The minimum Gasteiger partial charge on any atom is -0.319 e. The Morgan fingerprint density at radius 2 is 2.11 bits per heavy atom. The number of nitrogens with one attached hydrogen (secondary N) is 1. The SMILES string of the molecule is CNCC1CCCN(C)C1c1ccc([N+](=O)[O-])cc1. The van der Waals surface area contributed by atoms with Crippen molar-refractivity contribution in [3.8, 4) is 0 Å². The molecule has 104 valence electrons. The Kier molecular flexibility index (Phi) is 4.50. The zero-order valence-electron chi connectivity index (χ0n) is 11.5. The summed E-state index contributed by atoms with van der Waals surface area (Å²) in [6.07, 6.45) is 2.42. The van der Waals surface area contributed by atoms with E-state index < -0.39 is 0 Å². The highest BCUT2D eigenvalue weighted by atomic mass is 16.6. The first-order valence-corrected chi connectivity index (χ1v) is 6.72. The Balaban J connectivity index is 2.22. The van der Waals surface area contributed by atoms with Crippen LogP contribution in [0.2, 0.25) is 0 Å². The molecule has 0 spiro atoms. The molecule has 0 amide bonds. The second kappa shape index (κ2) is 6.12. The van der Waals surface area contributed by atoms with Gasteiger partial charge in [-0.3, -0.25) is 15.0 Å². The lowest BCUT2D eigenvalue weighted by molar-refractivity contribution is -0.384. The fourth-order valence-corrected chi connectivity index (χ4v) is 3.06. The lowest BCUT2D eigenvalue weighted by atomic mass is 9.85. The molecule has 0 aliphatic carbocycles. The Labute approximate surface area is 113 Å². The number of benzene rings is 1. The molecule has 2 unspecified atom stereocenters. The maximum Gasteiger partial charge on any atom is 0.269 e. The number of hydrogen-bond donors (Lipinski definition) is 1. The molecule has 2 rings (SSSR count). The highest BCUT2D eigenvalue weighted by molar-refractivity contribution is 5.34. The van der Waals surface area contributed by atoms with E-state index in [4.69, 9.17) is 0 Å². The third kappa shape index (κ3) is 3.11. The molecule has 19 heavy (non-hydrogen) atoms. The number of non-ortho nitro benzene ring substituents is 1. The zero-order valence-corrected chi connectivity index (χ0v) is 11.5. The average Bonchev–Trinajstić information content (AvgIpc) is 2.39. The second-order valence-electron chi connectivity index (χ2n) is 5.23. The van der Waals surface area contributed by atoms with Crippen molar-refractivity contribution in [2.45, 2.75) is 18.9 Å². The number of piperidine rings is 1. The van der Waals surface area contributed by atoms with Gasteiger partial charge in [0.2, 0.25) is 0 Å². The van der Waals surface area contributed by atoms with Gasteiger partial charge in [-0.2, -0.15) is 0 Å². The van der Waals surface area contributed by atoms with Crippen molar-refractivity contribution in [3.63, 3.8) is 0 Å². The van der Waals surface area contributed by atoms with Crippen molar-refractivity contribution < 1.29 is 4.92 Å². The number of rotatable bonds is 4. The van der Waals surface area contributed by atoms with Gasteiger partial charge in [0.1, 0.15) is 0 Å². The van der Waals surface area contributed by atoms with Gasteiger partial charge >= 0.3 is 0 Å². The van der Waals surface area contributed by atoms with Gasteiger partial charge in [-0.05, 0) is 51.5 Å². The predicted molar refractivity (Wildman–Crippen MR) is 75.1 cm³/mol. The highest BCUT2D eigenvalue weighted by Crippen LogP contribution is 2.35. The van der Waals surface area contributed by atoms with Crippen molar-refractivity contribution in [2.24, 2.45) is 5.92 Å². The smallest absolute Gasteiger partial charge is 0.269 e. The maximum absolute atomic E-state index is 10.7. The van der Waals surface area contributed by atoms with Crippen LogP contribution in [0.3, 0.4) is 0 Å². The summed E-state index contributed by atoms with van der Waals surface area (Å²) in [5, 5.41) is 14.0. The van der Waals surface area contributed by atoms with Crippen LogP contribution in [0.15, 0.2) is 24.3 Å². The predicted octanol–water partition coefficient (Wildman–Crippen LogP) is 2.20. The van der Waals surface area contributed by atoms with Crippen LogP contribution < -0.4 is 5.32 Å². The van der Waals surface area contributed by atoms with Crippen molar-refractivity contribution in [1.82, 2.24) is 10.2 Å². The lowest BCUT2D eigenvalue weighted by Gasteiger charge is -2.39. The minimum atomic E-state index is -0.348. The van der Waals surface area contributed by atoms with Crippen LogP contribution in [0.25, 0.3) is 0 Å². The van der Waals surface area contributed by atoms with E-state index in [-0.39, 0.29) is 10.6 Å². The van der Waals surface area contributed by atoms with E-state index in [0.29, 0.717) is 12.0 Å². The molecule has 2 atom stereocenters. The van der Waals surface area contributed by atoms with E-state index in [2.05, 4.69) is 17.3 Å². The molecular formula is C14H21N3O2. The summed E-state index contributed by atoms with van der Waals surface area (Å²) < 4.78 is 0. The highest BCUT2D eigenvalue weighted by Gasteiger charge is 2.30. The van der Waals surface area contributed by atoms with Gasteiger partial charge in [-0.15, -0.1) is 0 Å². The number of nitro groups is 1.